The van der Waals surface area contributed by atoms with Crippen LogP contribution in [0.5, 0.6) is 11.5 Å². The first-order valence-electron chi connectivity index (χ1n) is 6.04. The third-order valence-corrected chi connectivity index (χ3v) is 2.87. The Morgan fingerprint density at radius 2 is 1.95 bits per heavy atom. The Bertz CT molecular complexity index is 737. The van der Waals surface area contributed by atoms with Gasteiger partial charge in [0.25, 0.3) is 5.89 Å². The lowest BCUT2D eigenvalue weighted by Gasteiger charge is -2.02. The average Bonchev–Trinajstić information content (AvgIpc) is 2.97. The van der Waals surface area contributed by atoms with Gasteiger partial charge in [-0.2, -0.15) is 4.98 Å². The molecule has 0 radical (unpaired) electrons. The molecule has 1 aromatic heterocycles. The average molecular weight is 268 g/mol. The second-order valence-electron chi connectivity index (χ2n) is 4.17. The minimum absolute atomic E-state index is 0.158. The third-order valence-electron chi connectivity index (χ3n) is 2.87. The van der Waals surface area contributed by atoms with E-state index in [0.29, 0.717) is 23.0 Å². The molecule has 1 N–H and O–H groups in total. The van der Waals surface area contributed by atoms with Gasteiger partial charge in [-0.25, -0.2) is 0 Å². The maximum absolute atomic E-state index is 9.47. The van der Waals surface area contributed by atoms with E-state index in [-0.39, 0.29) is 5.75 Å². The monoisotopic (exact) mass is 268 g/mol. The van der Waals surface area contributed by atoms with Crippen LogP contribution in [0.2, 0.25) is 0 Å². The van der Waals surface area contributed by atoms with Gasteiger partial charge < -0.3 is 14.4 Å². The van der Waals surface area contributed by atoms with Crippen molar-refractivity contribution >= 4 is 0 Å². The Labute approximate surface area is 115 Å². The van der Waals surface area contributed by atoms with Crippen molar-refractivity contribution < 1.29 is 14.4 Å². The van der Waals surface area contributed by atoms with Crippen LogP contribution in [0, 0.1) is 0 Å². The highest BCUT2D eigenvalue weighted by Gasteiger charge is 2.14. The van der Waals surface area contributed by atoms with E-state index in [4.69, 9.17) is 9.26 Å². The Kier molecular flexibility index (Phi) is 3.09. The van der Waals surface area contributed by atoms with E-state index in [1.807, 2.05) is 24.3 Å². The van der Waals surface area contributed by atoms with Crippen LogP contribution in [-0.4, -0.2) is 22.4 Å². The lowest BCUT2D eigenvalue weighted by molar-refractivity contribution is 0.405. The van der Waals surface area contributed by atoms with Gasteiger partial charge in [-0.15, -0.1) is 0 Å². The van der Waals surface area contributed by atoms with Gasteiger partial charge in [-0.1, -0.05) is 29.4 Å². The maximum Gasteiger partial charge on any atom is 0.262 e. The molecule has 0 bridgehead atoms. The van der Waals surface area contributed by atoms with E-state index in [0.717, 1.165) is 5.56 Å². The highest BCUT2D eigenvalue weighted by molar-refractivity contribution is 5.65. The molecule has 0 saturated carbocycles. The zero-order valence-electron chi connectivity index (χ0n) is 10.8. The molecule has 0 fully saturated rings. The summed E-state index contributed by atoms with van der Waals surface area (Å²) in [7, 11) is 1.59. The Morgan fingerprint density at radius 3 is 2.75 bits per heavy atom. The number of rotatable bonds is 3. The first-order valence-corrected chi connectivity index (χ1v) is 6.04. The summed E-state index contributed by atoms with van der Waals surface area (Å²) in [6, 6.07) is 14.1. The Balaban J connectivity index is 2.02. The summed E-state index contributed by atoms with van der Waals surface area (Å²) in [5.74, 6) is 1.62. The summed E-state index contributed by atoms with van der Waals surface area (Å²) in [6.45, 7) is 0. The van der Waals surface area contributed by atoms with E-state index in [1.165, 1.54) is 0 Å². The van der Waals surface area contributed by atoms with E-state index in [9.17, 15) is 5.11 Å². The zero-order valence-corrected chi connectivity index (χ0v) is 10.8. The number of aromatic hydroxyl groups is 1. The summed E-state index contributed by atoms with van der Waals surface area (Å²) < 4.78 is 10.5. The molecule has 5 nitrogen and oxygen atoms in total. The van der Waals surface area contributed by atoms with Gasteiger partial charge in [-0.05, 0) is 24.3 Å². The molecular weight excluding hydrogens is 256 g/mol. The van der Waals surface area contributed by atoms with Gasteiger partial charge in [0.2, 0.25) is 5.82 Å². The number of hydrogen-bond donors (Lipinski definition) is 1. The number of aromatic nitrogens is 2. The number of benzene rings is 2. The van der Waals surface area contributed by atoms with Crippen LogP contribution < -0.4 is 4.74 Å². The molecule has 20 heavy (non-hydrogen) atoms. The fraction of sp³-hybridized carbons (Fsp3) is 0.0667. The van der Waals surface area contributed by atoms with Crippen LogP contribution in [0.3, 0.4) is 0 Å². The zero-order chi connectivity index (χ0) is 13.9. The minimum Gasteiger partial charge on any atom is -0.508 e. The maximum atomic E-state index is 9.47. The van der Waals surface area contributed by atoms with Crippen molar-refractivity contribution in [3.8, 4) is 34.3 Å². The summed E-state index contributed by atoms with van der Waals surface area (Å²) >= 11 is 0. The van der Waals surface area contributed by atoms with Crippen LogP contribution in [0.4, 0.5) is 0 Å². The number of phenolic OH excluding ortho intramolecular Hbond substituents is 1. The summed E-state index contributed by atoms with van der Waals surface area (Å²) in [5.41, 5.74) is 1.42. The molecule has 100 valence electrons. The highest BCUT2D eigenvalue weighted by atomic mass is 16.5. The fourth-order valence-corrected chi connectivity index (χ4v) is 1.92. The number of methoxy groups -OCH3 is 1. The number of hydrogen-bond acceptors (Lipinski definition) is 5. The normalized spacial score (nSPS) is 10.4. The predicted octanol–water partition coefficient (Wildman–Crippen LogP) is 3.12. The SMILES string of the molecule is COc1ccccc1-c1nc(-c2cccc(O)c2)no1. The van der Waals surface area contributed by atoms with Crippen molar-refractivity contribution in [2.75, 3.05) is 7.11 Å². The van der Waals surface area contributed by atoms with Crippen molar-refractivity contribution in [1.82, 2.24) is 10.1 Å². The van der Waals surface area contributed by atoms with E-state index < -0.39 is 0 Å². The van der Waals surface area contributed by atoms with E-state index in [2.05, 4.69) is 10.1 Å². The van der Waals surface area contributed by atoms with Gasteiger partial charge in [0.05, 0.1) is 12.7 Å². The van der Waals surface area contributed by atoms with Crippen LogP contribution in [-0.2, 0) is 0 Å². The Morgan fingerprint density at radius 1 is 1.10 bits per heavy atom. The lowest BCUT2D eigenvalue weighted by Crippen LogP contribution is -1.87. The van der Waals surface area contributed by atoms with Gasteiger partial charge in [0.15, 0.2) is 0 Å². The van der Waals surface area contributed by atoms with Gasteiger partial charge in [-0.3, -0.25) is 0 Å². The lowest BCUT2D eigenvalue weighted by atomic mass is 10.2. The molecule has 5 heteroatoms. The molecule has 0 aliphatic carbocycles. The minimum atomic E-state index is 0.158. The van der Waals surface area contributed by atoms with Crippen LogP contribution in [0.1, 0.15) is 0 Å². The van der Waals surface area contributed by atoms with Crippen LogP contribution in [0.15, 0.2) is 53.1 Å². The van der Waals surface area contributed by atoms with Crippen LogP contribution >= 0.6 is 0 Å². The second kappa shape index (κ2) is 5.05. The molecule has 3 rings (SSSR count). The highest BCUT2D eigenvalue weighted by Crippen LogP contribution is 2.30. The molecule has 0 unspecified atom stereocenters. The first kappa shape index (κ1) is 12.2. The standard InChI is InChI=1S/C15H12N2O3/c1-19-13-8-3-2-7-12(13)15-16-14(17-20-15)10-5-4-6-11(18)9-10/h2-9,18H,1H3. The molecule has 0 amide bonds. The van der Waals surface area contributed by atoms with Crippen LogP contribution in [0.25, 0.3) is 22.8 Å². The number of phenols is 1. The molecule has 0 atom stereocenters. The predicted molar refractivity (Wildman–Crippen MR) is 73.4 cm³/mol. The first-order chi connectivity index (χ1) is 9.78. The number of ether oxygens (including phenoxy) is 1. The van der Waals surface area contributed by atoms with Crippen molar-refractivity contribution in [3.05, 3.63) is 48.5 Å². The largest absolute Gasteiger partial charge is 0.508 e. The number of nitrogens with zero attached hydrogens (tertiary/aromatic N) is 2. The topological polar surface area (TPSA) is 68.4 Å². The molecule has 0 spiro atoms. The molecular formula is C15H12N2O3. The molecule has 0 aliphatic rings. The third kappa shape index (κ3) is 2.21. The van der Waals surface area contributed by atoms with E-state index in [1.54, 1.807) is 31.4 Å². The van der Waals surface area contributed by atoms with Gasteiger partial charge in [0, 0.05) is 5.56 Å². The van der Waals surface area contributed by atoms with Crippen molar-refractivity contribution in [3.63, 3.8) is 0 Å². The quantitative estimate of drug-likeness (QED) is 0.790. The van der Waals surface area contributed by atoms with E-state index >= 15 is 0 Å². The summed E-state index contributed by atoms with van der Waals surface area (Å²) in [5, 5.41) is 13.4. The fourth-order valence-electron chi connectivity index (χ4n) is 1.92. The summed E-state index contributed by atoms with van der Waals surface area (Å²) in [4.78, 5) is 4.33. The molecule has 0 saturated heterocycles. The van der Waals surface area contributed by atoms with Crippen molar-refractivity contribution in [1.29, 1.82) is 0 Å². The van der Waals surface area contributed by atoms with Gasteiger partial charge >= 0.3 is 0 Å². The molecule has 2 aromatic carbocycles. The molecule has 1 heterocycles. The van der Waals surface area contributed by atoms with Crippen molar-refractivity contribution in [2.45, 2.75) is 0 Å². The molecule has 0 aliphatic heterocycles. The molecule has 3 aromatic rings. The smallest absolute Gasteiger partial charge is 0.262 e. The van der Waals surface area contributed by atoms with Gasteiger partial charge in [0.1, 0.15) is 11.5 Å². The second-order valence-corrected chi connectivity index (χ2v) is 4.17. The Hall–Kier alpha value is -2.82. The van der Waals surface area contributed by atoms with Crippen molar-refractivity contribution in [2.24, 2.45) is 0 Å². The summed E-state index contributed by atoms with van der Waals surface area (Å²) in [6.07, 6.45) is 0. The number of para-hydroxylation sites is 1.